The quantitative estimate of drug-likeness (QED) is 0.153. The minimum atomic E-state index is -0.423. The maximum atomic E-state index is 13.5. The lowest BCUT2D eigenvalue weighted by molar-refractivity contribution is -0.384. The van der Waals surface area contributed by atoms with E-state index in [-0.39, 0.29) is 11.5 Å². The summed E-state index contributed by atoms with van der Waals surface area (Å²) < 4.78 is 13.5. The number of rotatable bonds is 8. The molecule has 9 heteroatoms. The van der Waals surface area contributed by atoms with E-state index < -0.39 is 4.92 Å². The minimum Gasteiger partial charge on any atom is -0.383 e. The third-order valence-electron chi connectivity index (χ3n) is 4.46. The number of nitrogens with one attached hydrogen (secondary N) is 4. The van der Waals surface area contributed by atoms with E-state index in [2.05, 4.69) is 25.9 Å². The molecule has 8 nitrogen and oxygen atoms in total. The van der Waals surface area contributed by atoms with Crippen molar-refractivity contribution in [2.24, 2.45) is 4.99 Å². The molecule has 0 saturated heterocycles. The molecule has 0 spiro atoms. The van der Waals surface area contributed by atoms with E-state index >= 15 is 0 Å². The number of fused-ring (bicyclic) bond motifs is 1. The molecule has 0 aliphatic rings. The van der Waals surface area contributed by atoms with Crippen LogP contribution in [0, 0.1) is 15.9 Å². The van der Waals surface area contributed by atoms with Gasteiger partial charge in [-0.05, 0) is 42.3 Å². The highest BCUT2D eigenvalue weighted by Gasteiger charge is 2.06. The van der Waals surface area contributed by atoms with Crippen LogP contribution >= 0.6 is 0 Å². The van der Waals surface area contributed by atoms with Crippen LogP contribution in [0.2, 0.25) is 0 Å². The van der Waals surface area contributed by atoms with Crippen LogP contribution in [0.5, 0.6) is 0 Å². The molecular weight excluding hydrogens is 375 g/mol. The number of aromatic amines is 1. The number of halogens is 1. The van der Waals surface area contributed by atoms with Gasteiger partial charge in [0.15, 0.2) is 5.96 Å². The van der Waals surface area contributed by atoms with Gasteiger partial charge < -0.3 is 20.9 Å². The van der Waals surface area contributed by atoms with Crippen LogP contribution in [0.3, 0.4) is 0 Å². The van der Waals surface area contributed by atoms with Crippen molar-refractivity contribution in [3.63, 3.8) is 0 Å². The van der Waals surface area contributed by atoms with E-state index in [1.165, 1.54) is 24.3 Å². The molecule has 0 aliphatic heterocycles. The van der Waals surface area contributed by atoms with Crippen LogP contribution < -0.4 is 16.0 Å². The van der Waals surface area contributed by atoms with E-state index in [0.29, 0.717) is 25.6 Å². The lowest BCUT2D eigenvalue weighted by atomic mass is 10.1. The van der Waals surface area contributed by atoms with E-state index in [0.717, 1.165) is 28.6 Å². The summed E-state index contributed by atoms with van der Waals surface area (Å²) in [5.74, 6) is 0.422. The zero-order chi connectivity index (χ0) is 20.6. The second-order valence-electron chi connectivity index (χ2n) is 6.41. The van der Waals surface area contributed by atoms with Gasteiger partial charge >= 0.3 is 0 Å². The number of nitro groups is 1. The van der Waals surface area contributed by atoms with Gasteiger partial charge in [-0.15, -0.1) is 0 Å². The summed E-state index contributed by atoms with van der Waals surface area (Å²) in [4.78, 5) is 17.6. The zero-order valence-corrected chi connectivity index (χ0v) is 16.0. The molecule has 2 aromatic carbocycles. The van der Waals surface area contributed by atoms with Crippen molar-refractivity contribution < 1.29 is 9.31 Å². The number of anilines is 1. The molecule has 152 valence electrons. The first-order chi connectivity index (χ1) is 14.1. The van der Waals surface area contributed by atoms with Crippen molar-refractivity contribution in [1.29, 1.82) is 0 Å². The van der Waals surface area contributed by atoms with E-state index in [1.807, 2.05) is 6.20 Å². The van der Waals surface area contributed by atoms with Gasteiger partial charge in [-0.3, -0.25) is 15.1 Å². The Morgan fingerprint density at radius 2 is 1.90 bits per heavy atom. The van der Waals surface area contributed by atoms with Crippen LogP contribution in [0.1, 0.15) is 5.56 Å². The standard InChI is InChI=1S/C20H23FN6O2/c1-22-20(25-11-10-23-16-3-5-17(6-4-16)27(28)29)24-9-8-14-13-26-19-7-2-15(21)12-18(14)19/h2-7,12-13,23,26H,8-11H2,1H3,(H2,22,24,25). The van der Waals surface area contributed by atoms with Gasteiger partial charge in [0, 0.05) is 61.6 Å². The summed E-state index contributed by atoms with van der Waals surface area (Å²) >= 11 is 0. The number of nitro benzene ring substituents is 1. The number of aliphatic imine (C=N–C) groups is 1. The first-order valence-electron chi connectivity index (χ1n) is 9.25. The van der Waals surface area contributed by atoms with Crippen molar-refractivity contribution in [2.45, 2.75) is 6.42 Å². The molecule has 0 atom stereocenters. The molecule has 0 bridgehead atoms. The third kappa shape index (κ3) is 5.44. The summed E-state index contributed by atoms with van der Waals surface area (Å²) in [6, 6.07) is 11.0. The monoisotopic (exact) mass is 398 g/mol. The van der Waals surface area contributed by atoms with Gasteiger partial charge in [-0.2, -0.15) is 0 Å². The third-order valence-corrected chi connectivity index (χ3v) is 4.46. The molecular formula is C20H23FN6O2. The summed E-state index contributed by atoms with van der Waals surface area (Å²) in [5, 5.41) is 21.2. The molecule has 0 unspecified atom stereocenters. The number of hydrogen-bond donors (Lipinski definition) is 4. The SMILES string of the molecule is CN=C(NCCNc1ccc([N+](=O)[O-])cc1)NCCc1c[nH]c2ccc(F)cc12. The Labute approximate surface area is 167 Å². The Balaban J connectivity index is 1.40. The summed E-state index contributed by atoms with van der Waals surface area (Å²) in [7, 11) is 1.69. The number of hydrogen-bond acceptors (Lipinski definition) is 4. The zero-order valence-electron chi connectivity index (χ0n) is 16.0. The summed E-state index contributed by atoms with van der Waals surface area (Å²) in [6.45, 7) is 1.90. The summed E-state index contributed by atoms with van der Waals surface area (Å²) in [6.07, 6.45) is 2.63. The van der Waals surface area contributed by atoms with Crippen molar-refractivity contribution in [2.75, 3.05) is 32.0 Å². The van der Waals surface area contributed by atoms with Gasteiger partial charge in [-0.1, -0.05) is 0 Å². The molecule has 1 heterocycles. The smallest absolute Gasteiger partial charge is 0.269 e. The van der Waals surface area contributed by atoms with Crippen molar-refractivity contribution in [1.82, 2.24) is 15.6 Å². The van der Waals surface area contributed by atoms with Crippen LogP contribution in [-0.4, -0.2) is 42.5 Å². The number of benzene rings is 2. The van der Waals surface area contributed by atoms with Gasteiger partial charge in [0.05, 0.1) is 4.92 Å². The molecule has 3 rings (SSSR count). The topological polar surface area (TPSA) is 107 Å². The largest absolute Gasteiger partial charge is 0.383 e. The first kappa shape index (κ1) is 20.1. The van der Waals surface area contributed by atoms with Crippen LogP contribution in [0.15, 0.2) is 53.7 Å². The maximum Gasteiger partial charge on any atom is 0.269 e. The number of nitrogens with zero attached hydrogens (tertiary/aromatic N) is 2. The van der Waals surface area contributed by atoms with E-state index in [9.17, 15) is 14.5 Å². The molecule has 0 fully saturated rings. The lowest BCUT2D eigenvalue weighted by Gasteiger charge is -2.12. The lowest BCUT2D eigenvalue weighted by Crippen LogP contribution is -2.40. The average Bonchev–Trinajstić information content (AvgIpc) is 3.12. The number of aromatic nitrogens is 1. The second kappa shape index (κ2) is 9.54. The fourth-order valence-electron chi connectivity index (χ4n) is 2.98. The Bertz CT molecular complexity index is 1000. The second-order valence-corrected chi connectivity index (χ2v) is 6.41. The highest BCUT2D eigenvalue weighted by molar-refractivity contribution is 5.83. The Morgan fingerprint density at radius 1 is 1.14 bits per heavy atom. The van der Waals surface area contributed by atoms with Crippen LogP contribution in [0.4, 0.5) is 15.8 Å². The molecule has 4 N–H and O–H groups in total. The van der Waals surface area contributed by atoms with Crippen molar-refractivity contribution in [3.05, 3.63) is 70.2 Å². The Hall–Kier alpha value is -3.62. The van der Waals surface area contributed by atoms with Crippen molar-refractivity contribution in [3.8, 4) is 0 Å². The van der Waals surface area contributed by atoms with Crippen LogP contribution in [0.25, 0.3) is 10.9 Å². The predicted molar refractivity (Wildman–Crippen MR) is 113 cm³/mol. The number of H-pyrrole nitrogens is 1. The highest BCUT2D eigenvalue weighted by atomic mass is 19.1. The molecule has 0 amide bonds. The molecule has 3 aromatic rings. The Kier molecular flexibility index (Phi) is 6.62. The van der Waals surface area contributed by atoms with Crippen molar-refractivity contribution >= 4 is 28.2 Å². The number of non-ortho nitro benzene ring substituents is 1. The van der Waals surface area contributed by atoms with Gasteiger partial charge in [-0.25, -0.2) is 4.39 Å². The molecule has 0 aliphatic carbocycles. The van der Waals surface area contributed by atoms with Crippen LogP contribution in [-0.2, 0) is 6.42 Å². The highest BCUT2D eigenvalue weighted by Crippen LogP contribution is 2.19. The molecule has 0 radical (unpaired) electrons. The summed E-state index contributed by atoms with van der Waals surface area (Å²) in [5.41, 5.74) is 2.84. The van der Waals surface area contributed by atoms with Gasteiger partial charge in [0.1, 0.15) is 5.82 Å². The maximum absolute atomic E-state index is 13.5. The average molecular weight is 398 g/mol. The predicted octanol–water partition coefficient (Wildman–Crippen LogP) is 3.03. The molecule has 29 heavy (non-hydrogen) atoms. The number of guanidine groups is 1. The fraction of sp³-hybridized carbons (Fsp3) is 0.250. The molecule has 0 saturated carbocycles. The van der Waals surface area contributed by atoms with E-state index in [1.54, 1.807) is 25.2 Å². The van der Waals surface area contributed by atoms with Gasteiger partial charge in [0.2, 0.25) is 0 Å². The molecule has 1 aromatic heterocycles. The van der Waals surface area contributed by atoms with E-state index in [4.69, 9.17) is 0 Å². The fourth-order valence-corrected chi connectivity index (χ4v) is 2.98. The first-order valence-corrected chi connectivity index (χ1v) is 9.25. The Morgan fingerprint density at radius 3 is 2.62 bits per heavy atom. The minimum absolute atomic E-state index is 0.0659. The normalized spacial score (nSPS) is 11.4. The van der Waals surface area contributed by atoms with Gasteiger partial charge in [0.25, 0.3) is 5.69 Å².